The summed E-state index contributed by atoms with van der Waals surface area (Å²) in [5, 5.41) is 4.22. The molecule has 5 nitrogen and oxygen atoms in total. The van der Waals surface area contributed by atoms with Gasteiger partial charge in [0.2, 0.25) is 0 Å². The van der Waals surface area contributed by atoms with Crippen molar-refractivity contribution >= 4 is 17.2 Å². The van der Waals surface area contributed by atoms with E-state index >= 15 is 0 Å². The zero-order valence-corrected chi connectivity index (χ0v) is 18.0. The van der Waals surface area contributed by atoms with Gasteiger partial charge < -0.3 is 0 Å². The first-order valence-corrected chi connectivity index (χ1v) is 13.2. The summed E-state index contributed by atoms with van der Waals surface area (Å²) in [6.45, 7) is 0. The van der Waals surface area contributed by atoms with Crippen LogP contribution >= 0.6 is 0 Å². The minimum atomic E-state index is -4.15. The molecular weight excluding hydrogens is 469 g/mol. The normalized spacial score (nSPS) is 11.5. The van der Waals surface area contributed by atoms with Gasteiger partial charge in [0, 0.05) is 0 Å². The average molecular weight is 485 g/mol. The number of aromatic nitrogens is 2. The summed E-state index contributed by atoms with van der Waals surface area (Å²) in [4.78, 5) is 13.4. The van der Waals surface area contributed by atoms with E-state index < -0.39 is 29.9 Å². The van der Waals surface area contributed by atoms with E-state index in [1.54, 1.807) is 12.1 Å². The van der Waals surface area contributed by atoms with Gasteiger partial charge in [-0.1, -0.05) is 0 Å². The molecule has 0 amide bonds. The van der Waals surface area contributed by atoms with Crippen molar-refractivity contribution in [3.63, 3.8) is 0 Å². The van der Waals surface area contributed by atoms with Crippen LogP contribution in [0.25, 0.3) is 27.9 Å². The van der Waals surface area contributed by atoms with Gasteiger partial charge in [-0.2, -0.15) is 0 Å². The Labute approximate surface area is 178 Å². The predicted molar refractivity (Wildman–Crippen MR) is 113 cm³/mol. The molecule has 0 N–H and O–H groups in total. The Balaban J connectivity index is 1.95. The molecule has 0 aliphatic rings. The van der Waals surface area contributed by atoms with Gasteiger partial charge >= 0.3 is 174 Å². The van der Waals surface area contributed by atoms with E-state index in [-0.39, 0.29) is 10.0 Å². The Morgan fingerprint density at radius 3 is 1.84 bits per heavy atom. The van der Waals surface area contributed by atoms with Crippen LogP contribution in [0.4, 0.5) is 8.78 Å². The Kier molecular flexibility index (Phi) is 5.35. The molecule has 0 saturated carbocycles. The van der Waals surface area contributed by atoms with Gasteiger partial charge in [-0.25, -0.2) is 4.39 Å². The molecule has 0 radical (unpaired) electrons. The maximum absolute atomic E-state index is 13.5. The number of rotatable bonds is 4. The average Bonchev–Trinajstić information content (AvgIpc) is 2.75. The molecule has 31 heavy (non-hydrogen) atoms. The Morgan fingerprint density at radius 1 is 0.774 bits per heavy atom. The summed E-state index contributed by atoms with van der Waals surface area (Å²) in [7, 11) is 0. The molecule has 0 atom stereocenters. The Morgan fingerprint density at radius 2 is 1.29 bits per heavy atom. The van der Waals surface area contributed by atoms with Crippen molar-refractivity contribution in [1.82, 2.24) is 9.78 Å². The predicted octanol–water partition coefficient (Wildman–Crippen LogP) is 3.98. The van der Waals surface area contributed by atoms with Crippen LogP contribution in [0.15, 0.2) is 83.8 Å². The van der Waals surface area contributed by atoms with Crippen LogP contribution in [0.5, 0.6) is 0 Å². The number of hydrogen-bond acceptors (Lipinski definition) is 4. The molecule has 0 saturated heterocycles. The first-order chi connectivity index (χ1) is 14.7. The SMILES string of the molecule is C[Se](=O)(=O)c1ccc(-c2cnn(-c3ccc(F)cc3)c(=O)c2-c2ccc(F)cc2)cc1. The molecule has 0 aliphatic carbocycles. The van der Waals surface area contributed by atoms with E-state index in [4.69, 9.17) is 0 Å². The second kappa shape index (κ2) is 7.98. The van der Waals surface area contributed by atoms with Crippen LogP contribution in [-0.2, 0) is 7.67 Å². The minimum absolute atomic E-state index is 0.218. The third kappa shape index (κ3) is 4.21. The van der Waals surface area contributed by atoms with Crippen LogP contribution in [0.1, 0.15) is 0 Å². The summed E-state index contributed by atoms with van der Waals surface area (Å²) in [6.07, 6.45) is 1.48. The molecule has 0 spiro atoms. The van der Waals surface area contributed by atoms with E-state index in [0.717, 1.165) is 4.68 Å². The van der Waals surface area contributed by atoms with Gasteiger partial charge in [0.15, 0.2) is 0 Å². The molecule has 156 valence electrons. The van der Waals surface area contributed by atoms with Crippen LogP contribution in [0.2, 0.25) is 5.82 Å². The van der Waals surface area contributed by atoms with Crippen molar-refractivity contribution < 1.29 is 16.5 Å². The second-order valence-corrected chi connectivity index (χ2v) is 11.2. The molecule has 1 heterocycles. The van der Waals surface area contributed by atoms with E-state index in [0.29, 0.717) is 22.4 Å². The summed E-state index contributed by atoms with van der Waals surface area (Å²) < 4.78 is 51.8. The summed E-state index contributed by atoms with van der Waals surface area (Å²) in [5.41, 5.74) is 1.67. The van der Waals surface area contributed by atoms with Crippen LogP contribution in [-0.4, -0.2) is 22.5 Å². The zero-order valence-electron chi connectivity index (χ0n) is 16.3. The monoisotopic (exact) mass is 486 g/mol. The first kappa shape index (κ1) is 20.8. The number of benzene rings is 3. The summed E-state index contributed by atoms with van der Waals surface area (Å²) >= 11 is -4.15. The topological polar surface area (TPSA) is 69.0 Å². The first-order valence-electron chi connectivity index (χ1n) is 9.19. The quantitative estimate of drug-likeness (QED) is 0.410. The fraction of sp³-hybridized carbons (Fsp3) is 0.0435. The molecule has 8 heteroatoms. The number of halogens is 2. The van der Waals surface area contributed by atoms with Crippen molar-refractivity contribution in [3.05, 3.63) is 101 Å². The van der Waals surface area contributed by atoms with Crippen molar-refractivity contribution in [1.29, 1.82) is 0 Å². The van der Waals surface area contributed by atoms with Gasteiger partial charge in [0.25, 0.3) is 0 Å². The van der Waals surface area contributed by atoms with E-state index in [9.17, 15) is 21.2 Å². The maximum atomic E-state index is 13.5. The molecule has 0 unspecified atom stereocenters. The van der Waals surface area contributed by atoms with Gasteiger partial charge in [-0.05, 0) is 0 Å². The van der Waals surface area contributed by atoms with Crippen LogP contribution < -0.4 is 10.0 Å². The molecule has 4 aromatic rings. The molecule has 3 aromatic carbocycles. The molecule has 0 fully saturated rings. The van der Waals surface area contributed by atoms with E-state index in [1.807, 2.05) is 0 Å². The Bertz CT molecular complexity index is 1410. The van der Waals surface area contributed by atoms with Gasteiger partial charge in [-0.15, -0.1) is 0 Å². The molecule has 1 aromatic heterocycles. The zero-order chi connectivity index (χ0) is 22.2. The fourth-order valence-electron chi connectivity index (χ4n) is 3.22. The van der Waals surface area contributed by atoms with E-state index in [1.165, 1.54) is 72.7 Å². The third-order valence-electron chi connectivity index (χ3n) is 4.78. The molecule has 4 rings (SSSR count). The molecule has 0 bridgehead atoms. The van der Waals surface area contributed by atoms with Crippen LogP contribution in [0, 0.1) is 11.6 Å². The Hall–Kier alpha value is -3.48. The van der Waals surface area contributed by atoms with Crippen molar-refractivity contribution in [3.8, 4) is 27.9 Å². The number of hydrogen-bond donors (Lipinski definition) is 0. The number of nitrogens with zero attached hydrogens (tertiary/aromatic N) is 2. The van der Waals surface area contributed by atoms with Gasteiger partial charge in [0.05, 0.1) is 0 Å². The summed E-state index contributed by atoms with van der Waals surface area (Å²) in [5.74, 6) is 0.291. The molecule has 0 aliphatic heterocycles. The van der Waals surface area contributed by atoms with Gasteiger partial charge in [0.1, 0.15) is 0 Å². The van der Waals surface area contributed by atoms with E-state index in [2.05, 4.69) is 5.10 Å². The third-order valence-corrected chi connectivity index (χ3v) is 7.14. The standard InChI is InChI=1S/C23H16F2N2O3Se/c1-31(29,30)20-12-4-15(5-13-20)21-14-26-27(19-10-8-18(25)9-11-19)23(28)22(21)16-2-6-17(24)7-3-16/h2-14H,1H3. The fourth-order valence-corrected chi connectivity index (χ4v) is 4.54. The van der Waals surface area contributed by atoms with Crippen LogP contribution in [0.3, 0.4) is 0 Å². The van der Waals surface area contributed by atoms with Crippen molar-refractivity contribution in [2.45, 2.75) is 5.82 Å². The van der Waals surface area contributed by atoms with Crippen molar-refractivity contribution in [2.24, 2.45) is 0 Å². The summed E-state index contributed by atoms with van der Waals surface area (Å²) in [6, 6.07) is 16.9. The van der Waals surface area contributed by atoms with Gasteiger partial charge in [-0.3, -0.25) is 0 Å². The second-order valence-electron chi connectivity index (χ2n) is 6.93. The molecular formula is C23H16F2N2O3Se. The van der Waals surface area contributed by atoms with Crippen molar-refractivity contribution in [2.75, 3.05) is 0 Å².